The van der Waals surface area contributed by atoms with Gasteiger partial charge in [-0.25, -0.2) is 18.3 Å². The van der Waals surface area contributed by atoms with Crippen molar-refractivity contribution in [2.75, 3.05) is 23.3 Å². The van der Waals surface area contributed by atoms with Crippen LogP contribution in [0.2, 0.25) is 0 Å². The summed E-state index contributed by atoms with van der Waals surface area (Å²) in [5.74, 6) is 0.213. The lowest BCUT2D eigenvalue weighted by atomic mass is 10.2. The van der Waals surface area contributed by atoms with Crippen LogP contribution < -0.4 is 10.2 Å². The summed E-state index contributed by atoms with van der Waals surface area (Å²) in [6.07, 6.45) is 2.70. The average Bonchev–Trinajstić information content (AvgIpc) is 3.60. The SMILES string of the molecule is CC.O=C(Nc1ccn2nc(N3CCCC3)nc2c1)c1[nH]ncc1-c1nc(C(F)F)cs1. The van der Waals surface area contributed by atoms with Crippen molar-refractivity contribution in [2.45, 2.75) is 33.1 Å². The molecule has 0 aromatic carbocycles. The Morgan fingerprint density at radius 3 is 2.75 bits per heavy atom. The predicted molar refractivity (Wildman–Crippen MR) is 118 cm³/mol. The van der Waals surface area contributed by atoms with E-state index < -0.39 is 12.3 Å². The minimum absolute atomic E-state index is 0.143. The summed E-state index contributed by atoms with van der Waals surface area (Å²) in [5, 5.41) is 15.3. The minimum atomic E-state index is -2.67. The maximum Gasteiger partial charge on any atom is 0.281 e. The number of aromatic nitrogens is 6. The molecule has 0 unspecified atom stereocenters. The molecule has 0 aliphatic carbocycles. The molecule has 0 atom stereocenters. The van der Waals surface area contributed by atoms with Gasteiger partial charge in [-0.05, 0) is 18.9 Å². The quantitative estimate of drug-likeness (QED) is 0.458. The summed E-state index contributed by atoms with van der Waals surface area (Å²) in [5.41, 5.74) is 1.32. The molecule has 0 saturated carbocycles. The summed E-state index contributed by atoms with van der Waals surface area (Å²) < 4.78 is 27.3. The van der Waals surface area contributed by atoms with Crippen molar-refractivity contribution in [2.24, 2.45) is 0 Å². The number of H-pyrrole nitrogens is 1. The van der Waals surface area contributed by atoms with Gasteiger partial charge < -0.3 is 10.2 Å². The van der Waals surface area contributed by atoms with E-state index in [1.807, 2.05) is 13.8 Å². The number of halogens is 2. The Kier molecular flexibility index (Phi) is 6.40. The van der Waals surface area contributed by atoms with Crippen molar-refractivity contribution in [3.63, 3.8) is 0 Å². The Bertz CT molecular complexity index is 1210. The van der Waals surface area contributed by atoms with Gasteiger partial charge in [-0.2, -0.15) is 10.1 Å². The van der Waals surface area contributed by atoms with E-state index in [4.69, 9.17) is 0 Å². The van der Waals surface area contributed by atoms with Crippen LogP contribution in [0.4, 0.5) is 20.4 Å². The van der Waals surface area contributed by atoms with E-state index in [2.05, 4.69) is 35.5 Å². The molecule has 9 nitrogen and oxygen atoms in total. The number of nitrogens with one attached hydrogen (secondary N) is 2. The lowest BCUT2D eigenvalue weighted by Gasteiger charge is -2.10. The topological polar surface area (TPSA) is 104 Å². The molecule has 4 aromatic heterocycles. The van der Waals surface area contributed by atoms with E-state index in [0.717, 1.165) is 37.3 Å². The molecule has 0 radical (unpaired) electrons. The van der Waals surface area contributed by atoms with Gasteiger partial charge in [0.1, 0.15) is 16.4 Å². The van der Waals surface area contributed by atoms with Crippen LogP contribution in [0.5, 0.6) is 0 Å². The van der Waals surface area contributed by atoms with Crippen molar-refractivity contribution in [3.8, 4) is 10.6 Å². The number of carbonyl (C=O) groups is 1. The van der Waals surface area contributed by atoms with Crippen LogP contribution in [0.3, 0.4) is 0 Å². The molecule has 12 heteroatoms. The van der Waals surface area contributed by atoms with E-state index in [0.29, 0.717) is 27.9 Å². The normalized spacial score (nSPS) is 13.5. The first-order valence-electron chi connectivity index (χ1n) is 10.3. The fraction of sp³-hybridized carbons (Fsp3) is 0.350. The first-order valence-corrected chi connectivity index (χ1v) is 11.2. The van der Waals surface area contributed by atoms with Crippen LogP contribution >= 0.6 is 11.3 Å². The summed E-state index contributed by atoms with van der Waals surface area (Å²) in [7, 11) is 0. The highest BCUT2D eigenvalue weighted by molar-refractivity contribution is 7.13. The van der Waals surface area contributed by atoms with E-state index in [-0.39, 0.29) is 11.4 Å². The summed E-state index contributed by atoms with van der Waals surface area (Å²) in [6, 6.07) is 3.43. The number of rotatable bonds is 5. The van der Waals surface area contributed by atoms with E-state index in [9.17, 15) is 13.6 Å². The Labute approximate surface area is 186 Å². The summed E-state index contributed by atoms with van der Waals surface area (Å²) in [6.45, 7) is 5.88. The highest BCUT2D eigenvalue weighted by Crippen LogP contribution is 2.30. The predicted octanol–water partition coefficient (Wildman–Crippen LogP) is 4.39. The smallest absolute Gasteiger partial charge is 0.281 e. The third kappa shape index (κ3) is 4.31. The van der Waals surface area contributed by atoms with E-state index in [1.54, 1.807) is 22.8 Å². The van der Waals surface area contributed by atoms with Gasteiger partial charge in [0.25, 0.3) is 12.3 Å². The van der Waals surface area contributed by atoms with Crippen LogP contribution in [0.25, 0.3) is 16.2 Å². The fourth-order valence-corrected chi connectivity index (χ4v) is 4.15. The zero-order valence-electron chi connectivity index (χ0n) is 17.5. The molecule has 5 heterocycles. The number of hydrogen-bond acceptors (Lipinski definition) is 7. The van der Waals surface area contributed by atoms with Crippen molar-refractivity contribution in [3.05, 3.63) is 41.3 Å². The first-order chi connectivity index (χ1) is 15.6. The van der Waals surface area contributed by atoms with Crippen molar-refractivity contribution >= 4 is 34.5 Å². The van der Waals surface area contributed by atoms with Gasteiger partial charge in [-0.1, -0.05) is 13.8 Å². The molecular formula is C20H22F2N8OS. The van der Waals surface area contributed by atoms with Gasteiger partial charge >= 0.3 is 0 Å². The van der Waals surface area contributed by atoms with Crippen LogP contribution in [0.15, 0.2) is 29.9 Å². The number of fused-ring (bicyclic) bond motifs is 1. The lowest BCUT2D eigenvalue weighted by molar-refractivity contribution is 0.102. The van der Waals surface area contributed by atoms with E-state index in [1.165, 1.54) is 11.6 Å². The lowest BCUT2D eigenvalue weighted by Crippen LogP contribution is -2.19. The molecule has 5 rings (SSSR count). The van der Waals surface area contributed by atoms with Crippen LogP contribution in [-0.4, -0.2) is 48.8 Å². The number of aromatic amines is 1. The summed E-state index contributed by atoms with van der Waals surface area (Å²) in [4.78, 5) is 23.3. The molecule has 168 valence electrons. The number of alkyl halides is 2. The maximum atomic E-state index is 12.8. The molecular weight excluding hydrogens is 438 g/mol. The second kappa shape index (κ2) is 9.39. The van der Waals surface area contributed by atoms with Crippen molar-refractivity contribution in [1.82, 2.24) is 29.8 Å². The van der Waals surface area contributed by atoms with E-state index >= 15 is 0 Å². The fourth-order valence-electron chi connectivity index (χ4n) is 3.32. The van der Waals surface area contributed by atoms with Gasteiger partial charge in [-0.3, -0.25) is 9.89 Å². The molecule has 1 saturated heterocycles. The Morgan fingerprint density at radius 2 is 2.03 bits per heavy atom. The van der Waals surface area contributed by atoms with Crippen molar-refractivity contribution < 1.29 is 13.6 Å². The molecule has 2 N–H and O–H groups in total. The Hall–Kier alpha value is -3.41. The van der Waals surface area contributed by atoms with Crippen molar-refractivity contribution in [1.29, 1.82) is 0 Å². The summed E-state index contributed by atoms with van der Waals surface area (Å²) >= 11 is 1.03. The third-order valence-corrected chi connectivity index (χ3v) is 5.71. The standard InChI is InChI=1S/C18H16F2N8OS.C2H6/c19-15(20)12-9-30-17(23-12)11-8-21-25-14(11)16(29)22-10-3-6-28-13(7-10)24-18(26-28)27-4-1-2-5-27;1-2/h3,6-9,15H,1-2,4-5H2,(H,21,25)(H,22,29);1-2H3. The van der Waals surface area contributed by atoms with Gasteiger partial charge in [-0.15, -0.1) is 16.4 Å². The molecule has 0 spiro atoms. The number of nitrogens with zero attached hydrogens (tertiary/aromatic N) is 6. The minimum Gasteiger partial charge on any atom is -0.340 e. The van der Waals surface area contributed by atoms with Gasteiger partial charge in [0.2, 0.25) is 5.95 Å². The largest absolute Gasteiger partial charge is 0.340 e. The van der Waals surface area contributed by atoms with Gasteiger partial charge in [0.15, 0.2) is 5.65 Å². The number of anilines is 2. The van der Waals surface area contributed by atoms with Crippen LogP contribution in [0.1, 0.15) is 49.3 Å². The molecule has 1 aliphatic rings. The zero-order valence-corrected chi connectivity index (χ0v) is 18.4. The molecule has 1 amide bonds. The Balaban J connectivity index is 0.00000119. The number of amides is 1. The highest BCUT2D eigenvalue weighted by atomic mass is 32.1. The highest BCUT2D eigenvalue weighted by Gasteiger charge is 2.21. The maximum absolute atomic E-state index is 12.8. The van der Waals surface area contributed by atoms with Crippen LogP contribution in [-0.2, 0) is 0 Å². The second-order valence-electron chi connectivity index (χ2n) is 6.82. The Morgan fingerprint density at radius 1 is 1.25 bits per heavy atom. The van der Waals surface area contributed by atoms with Gasteiger partial charge in [0.05, 0.1) is 11.8 Å². The second-order valence-corrected chi connectivity index (χ2v) is 7.67. The number of carbonyl (C=O) groups excluding carboxylic acids is 1. The molecule has 1 fully saturated rings. The van der Waals surface area contributed by atoms with Gasteiger partial charge in [0, 0.05) is 36.4 Å². The molecule has 1 aliphatic heterocycles. The zero-order chi connectivity index (χ0) is 22.7. The molecule has 4 aromatic rings. The molecule has 0 bridgehead atoms. The number of thiazole rings is 1. The average molecular weight is 461 g/mol. The monoisotopic (exact) mass is 460 g/mol. The number of hydrogen-bond donors (Lipinski definition) is 2. The van der Waals surface area contributed by atoms with Crippen LogP contribution in [0, 0.1) is 0 Å². The molecule has 32 heavy (non-hydrogen) atoms. The number of pyridine rings is 1. The first kappa shape index (κ1) is 21.8. The third-order valence-electron chi connectivity index (χ3n) is 4.82.